The van der Waals surface area contributed by atoms with Crippen molar-refractivity contribution in [3.63, 3.8) is 0 Å². The second-order valence-corrected chi connectivity index (χ2v) is 20.1. The van der Waals surface area contributed by atoms with Gasteiger partial charge in [0.15, 0.2) is 8.07 Å². The third-order valence-electron chi connectivity index (χ3n) is 13.5. The molecule has 0 bridgehead atoms. The zero-order chi connectivity index (χ0) is 36.2. The van der Waals surface area contributed by atoms with E-state index in [0.717, 1.165) is 0 Å². The predicted molar refractivity (Wildman–Crippen MR) is 235 cm³/mol. The normalized spacial score (nSPS) is 15.7. The second kappa shape index (κ2) is 10.2. The monoisotopic (exact) mass is 714 g/mol. The Bertz CT molecular complexity index is 3100. The molecule has 2 nitrogen and oxygen atoms in total. The Morgan fingerprint density at radius 3 is 1.98 bits per heavy atom. The minimum Gasteiger partial charge on any atom is -0.378 e. The Kier molecular flexibility index (Phi) is 5.59. The number of nitrogens with zero attached hydrogens (tertiary/aromatic N) is 2. The van der Waals surface area contributed by atoms with Crippen molar-refractivity contribution in [2.45, 2.75) is 19.3 Å². The van der Waals surface area contributed by atoms with E-state index in [2.05, 4.69) is 199 Å². The molecule has 0 saturated heterocycles. The lowest BCUT2D eigenvalue weighted by Gasteiger charge is -2.50. The van der Waals surface area contributed by atoms with E-state index >= 15 is 0 Å². The highest BCUT2D eigenvalue weighted by atomic mass is 28.3. The summed E-state index contributed by atoms with van der Waals surface area (Å²) in [5.41, 5.74) is 16.3. The van der Waals surface area contributed by atoms with Crippen LogP contribution in [0.15, 0.2) is 176 Å². The average Bonchev–Trinajstić information content (AvgIpc) is 3.71. The summed E-state index contributed by atoms with van der Waals surface area (Å²) in [4.78, 5) is 2.70. The van der Waals surface area contributed by atoms with Crippen LogP contribution in [-0.4, -0.2) is 19.4 Å². The van der Waals surface area contributed by atoms with Crippen LogP contribution in [-0.2, 0) is 5.41 Å². The number of hydrogen-bond acceptors (Lipinski definition) is 1. The summed E-state index contributed by atoms with van der Waals surface area (Å²) in [6.07, 6.45) is 0. The van der Waals surface area contributed by atoms with Crippen molar-refractivity contribution in [2.75, 3.05) is 4.90 Å². The molecule has 8 aromatic carbocycles. The summed E-state index contributed by atoms with van der Waals surface area (Å²) in [5.74, 6) is 0. The molecule has 4 heteroatoms. The first-order valence-corrected chi connectivity index (χ1v) is 21.6. The van der Waals surface area contributed by atoms with Crippen LogP contribution >= 0.6 is 0 Å². The number of hydrogen-bond donors (Lipinski definition) is 0. The molecule has 0 fully saturated rings. The topological polar surface area (TPSA) is 8.17 Å². The van der Waals surface area contributed by atoms with E-state index in [1.54, 1.807) is 0 Å². The predicted octanol–water partition coefficient (Wildman–Crippen LogP) is 8.21. The fourth-order valence-corrected chi connectivity index (χ4v) is 16.7. The standard InChI is InChI=1S/C51H35BN2Si/c1-51(2)40-26-12-11-23-37(40)45-38-25-15-24-36-39-31-32-17-9-10-22-35(32)48-46(39)52(54(47(36)38)50(45)51)41-27-16-30-44-49(41)53(48)42-28-13-14-29-43(42)55(44,33-18-5-3-6-19-33)34-20-7-4-8-21-34/h3-31H,1-2H3. The lowest BCUT2D eigenvalue weighted by Crippen LogP contribution is -2.78. The van der Waals surface area contributed by atoms with Gasteiger partial charge in [-0.05, 0) is 65.9 Å². The minimum absolute atomic E-state index is 0.000877. The lowest BCUT2D eigenvalue weighted by atomic mass is 9.44. The molecule has 0 spiro atoms. The third-order valence-corrected chi connectivity index (χ3v) is 18.4. The SMILES string of the molecule is CC1(C)c2ccccc2-c2c1n1c3c(cccc23)-c2cc3ccccc3c3c2B1c1cccc2c1N3c1ccccc1[Si]2(c1ccccc1)c1ccccc1. The third kappa shape index (κ3) is 3.41. The summed E-state index contributed by atoms with van der Waals surface area (Å²) >= 11 is 0. The van der Waals surface area contributed by atoms with E-state index in [4.69, 9.17) is 0 Å². The smallest absolute Gasteiger partial charge is 0.332 e. The second-order valence-electron chi connectivity index (χ2n) is 16.4. The van der Waals surface area contributed by atoms with Gasteiger partial charge in [-0.15, -0.1) is 0 Å². The summed E-state index contributed by atoms with van der Waals surface area (Å²) in [5, 5.41) is 9.68. The number of rotatable bonds is 2. The van der Waals surface area contributed by atoms with Crippen molar-refractivity contribution in [2.24, 2.45) is 0 Å². The van der Waals surface area contributed by atoms with Gasteiger partial charge in [-0.25, -0.2) is 0 Å². The van der Waals surface area contributed by atoms with Crippen LogP contribution in [0.4, 0.5) is 17.1 Å². The van der Waals surface area contributed by atoms with Crippen molar-refractivity contribution in [1.82, 2.24) is 4.48 Å². The van der Waals surface area contributed by atoms with Crippen LogP contribution in [0, 0.1) is 0 Å². The summed E-state index contributed by atoms with van der Waals surface area (Å²) in [7, 11) is -2.83. The maximum absolute atomic E-state index is 2.83. The van der Waals surface area contributed by atoms with Gasteiger partial charge in [0.2, 0.25) is 0 Å². The Balaban J connectivity index is 1.26. The number of anilines is 3. The van der Waals surface area contributed by atoms with Crippen LogP contribution < -0.4 is 36.6 Å². The average molecular weight is 715 g/mol. The molecule has 55 heavy (non-hydrogen) atoms. The maximum atomic E-state index is 2.81. The fourth-order valence-electron chi connectivity index (χ4n) is 11.6. The number of para-hydroxylation sites is 3. The van der Waals surface area contributed by atoms with Crippen molar-refractivity contribution in [1.29, 1.82) is 0 Å². The van der Waals surface area contributed by atoms with E-state index in [1.807, 2.05) is 0 Å². The molecule has 9 aromatic rings. The maximum Gasteiger partial charge on any atom is 0.332 e. The van der Waals surface area contributed by atoms with Gasteiger partial charge in [0, 0.05) is 49.9 Å². The molecule has 0 unspecified atom stereocenters. The zero-order valence-corrected chi connectivity index (χ0v) is 31.7. The zero-order valence-electron chi connectivity index (χ0n) is 30.7. The quantitative estimate of drug-likeness (QED) is 0.164. The van der Waals surface area contributed by atoms with Crippen LogP contribution in [0.1, 0.15) is 25.1 Å². The summed E-state index contributed by atoms with van der Waals surface area (Å²) < 4.78 is 2.81. The molecule has 0 atom stereocenters. The number of aromatic nitrogens is 1. The molecule has 4 heterocycles. The van der Waals surface area contributed by atoms with Crippen LogP contribution in [0.25, 0.3) is 43.9 Å². The molecule has 1 aliphatic carbocycles. The summed E-state index contributed by atoms with van der Waals surface area (Å²) in [6, 6.07) is 67.4. The molecule has 256 valence electrons. The Hall–Kier alpha value is -6.36. The van der Waals surface area contributed by atoms with Crippen molar-refractivity contribution >= 4 is 85.3 Å². The number of benzene rings is 8. The fraction of sp³-hybridized carbons (Fsp3) is 0.0588. The van der Waals surface area contributed by atoms with Gasteiger partial charge >= 0.3 is 6.85 Å². The van der Waals surface area contributed by atoms with Crippen molar-refractivity contribution in [3.05, 3.63) is 187 Å². The molecule has 0 amide bonds. The Morgan fingerprint density at radius 1 is 0.527 bits per heavy atom. The van der Waals surface area contributed by atoms with E-state index in [0.29, 0.717) is 0 Å². The first-order valence-electron chi connectivity index (χ1n) is 19.6. The first kappa shape index (κ1) is 30.0. The van der Waals surface area contributed by atoms with Crippen molar-refractivity contribution in [3.8, 4) is 22.3 Å². The van der Waals surface area contributed by atoms with E-state index < -0.39 is 8.07 Å². The Labute approximate surface area is 322 Å². The minimum atomic E-state index is -2.83. The van der Waals surface area contributed by atoms with Crippen LogP contribution in [0.2, 0.25) is 0 Å². The molecule has 0 N–H and O–H groups in total. The highest BCUT2D eigenvalue weighted by Crippen LogP contribution is 2.56. The van der Waals surface area contributed by atoms with Gasteiger partial charge in [-0.3, -0.25) is 0 Å². The van der Waals surface area contributed by atoms with Crippen LogP contribution in [0.5, 0.6) is 0 Å². The van der Waals surface area contributed by atoms with Gasteiger partial charge in [-0.2, -0.15) is 0 Å². The number of fused-ring (bicyclic) bond motifs is 13. The molecular formula is C51H35BN2Si. The van der Waals surface area contributed by atoms with E-state index in [-0.39, 0.29) is 12.3 Å². The van der Waals surface area contributed by atoms with Gasteiger partial charge in [0.1, 0.15) is 0 Å². The van der Waals surface area contributed by atoms with Crippen LogP contribution in [0.3, 0.4) is 0 Å². The van der Waals surface area contributed by atoms with Gasteiger partial charge in [0.05, 0.1) is 5.69 Å². The van der Waals surface area contributed by atoms with Gasteiger partial charge < -0.3 is 9.38 Å². The lowest BCUT2D eigenvalue weighted by molar-refractivity contribution is 0.632. The summed E-state index contributed by atoms with van der Waals surface area (Å²) in [6.45, 7) is 4.90. The van der Waals surface area contributed by atoms with E-state index in [9.17, 15) is 0 Å². The highest BCUT2D eigenvalue weighted by Gasteiger charge is 2.55. The molecule has 1 aromatic heterocycles. The van der Waals surface area contributed by atoms with Gasteiger partial charge in [0.25, 0.3) is 0 Å². The molecule has 3 aliphatic heterocycles. The first-order chi connectivity index (χ1) is 27.1. The molecule has 13 rings (SSSR count). The van der Waals surface area contributed by atoms with E-state index in [1.165, 1.54) is 104 Å². The van der Waals surface area contributed by atoms with Crippen molar-refractivity contribution < 1.29 is 0 Å². The molecular weight excluding hydrogens is 679 g/mol. The highest BCUT2D eigenvalue weighted by molar-refractivity contribution is 7.21. The molecule has 0 saturated carbocycles. The van der Waals surface area contributed by atoms with Gasteiger partial charge in [-0.1, -0.05) is 178 Å². The largest absolute Gasteiger partial charge is 0.378 e. The molecule has 4 aliphatic rings. The Morgan fingerprint density at radius 2 is 1.16 bits per heavy atom. The molecule has 0 radical (unpaired) electrons.